The molecular formula is C20H30N2O3. The Kier molecular flexibility index (Phi) is 5.88. The quantitative estimate of drug-likeness (QED) is 0.845. The molecule has 5 heteroatoms. The minimum Gasteiger partial charge on any atom is -0.364 e. The predicted octanol–water partition coefficient (Wildman–Crippen LogP) is 2.66. The third kappa shape index (κ3) is 4.21. The molecule has 1 fully saturated rings. The third-order valence-corrected chi connectivity index (χ3v) is 4.85. The van der Waals surface area contributed by atoms with Gasteiger partial charge in [0.1, 0.15) is 0 Å². The van der Waals surface area contributed by atoms with Crippen LogP contribution < -0.4 is 0 Å². The first-order chi connectivity index (χ1) is 11.7. The van der Waals surface area contributed by atoms with Gasteiger partial charge in [-0.1, -0.05) is 51.1 Å². The minimum absolute atomic E-state index is 0.0498. The van der Waals surface area contributed by atoms with Crippen molar-refractivity contribution >= 4 is 11.8 Å². The van der Waals surface area contributed by atoms with Crippen molar-refractivity contribution < 1.29 is 14.3 Å². The number of ether oxygens (including phenoxy) is 1. The number of hydrogen-bond acceptors (Lipinski definition) is 3. The molecule has 1 aromatic carbocycles. The van der Waals surface area contributed by atoms with Crippen LogP contribution in [0, 0.1) is 5.41 Å². The normalized spacial score (nSPS) is 18.4. The average molecular weight is 346 g/mol. The van der Waals surface area contributed by atoms with Gasteiger partial charge in [-0.15, -0.1) is 0 Å². The van der Waals surface area contributed by atoms with E-state index in [1.54, 1.807) is 7.11 Å². The summed E-state index contributed by atoms with van der Waals surface area (Å²) < 4.78 is 5.64. The van der Waals surface area contributed by atoms with Gasteiger partial charge in [-0.3, -0.25) is 9.59 Å². The van der Waals surface area contributed by atoms with Gasteiger partial charge in [0.15, 0.2) is 5.60 Å². The van der Waals surface area contributed by atoms with Gasteiger partial charge in [0.25, 0.3) is 5.91 Å². The molecule has 0 N–H and O–H groups in total. The van der Waals surface area contributed by atoms with E-state index in [0.29, 0.717) is 26.2 Å². The number of methoxy groups -OCH3 is 1. The first-order valence-electron chi connectivity index (χ1n) is 8.89. The lowest BCUT2D eigenvalue weighted by Crippen LogP contribution is -2.48. The summed E-state index contributed by atoms with van der Waals surface area (Å²) in [5, 5.41) is 0. The lowest BCUT2D eigenvalue weighted by atomic mass is 9.94. The van der Waals surface area contributed by atoms with Gasteiger partial charge < -0.3 is 14.5 Å². The van der Waals surface area contributed by atoms with E-state index in [0.717, 1.165) is 12.0 Å². The second-order valence-electron chi connectivity index (χ2n) is 7.79. The molecule has 0 unspecified atom stereocenters. The lowest BCUT2D eigenvalue weighted by molar-refractivity contribution is -0.154. The van der Waals surface area contributed by atoms with Crippen LogP contribution in [0.15, 0.2) is 30.3 Å². The smallest absolute Gasteiger partial charge is 0.259 e. The number of carbonyl (C=O) groups excluding carboxylic acids is 2. The fourth-order valence-electron chi connectivity index (χ4n) is 3.18. The summed E-state index contributed by atoms with van der Waals surface area (Å²) in [6, 6.07) is 9.56. The molecule has 0 spiro atoms. The van der Waals surface area contributed by atoms with E-state index < -0.39 is 11.0 Å². The highest BCUT2D eigenvalue weighted by molar-refractivity contribution is 5.86. The highest BCUT2D eigenvalue weighted by atomic mass is 16.5. The Labute approximate surface area is 150 Å². The molecule has 1 atom stereocenters. The van der Waals surface area contributed by atoms with Gasteiger partial charge in [-0.2, -0.15) is 0 Å². The Hall–Kier alpha value is -1.88. The SMILES string of the molecule is CO[C@@](C)(C(=O)N1CCCN(C(=O)C(C)(C)C)CC1)c1ccccc1. The highest BCUT2D eigenvalue weighted by Gasteiger charge is 2.39. The molecule has 1 saturated heterocycles. The van der Waals surface area contributed by atoms with Gasteiger partial charge in [-0.25, -0.2) is 0 Å². The van der Waals surface area contributed by atoms with Crippen molar-refractivity contribution in [2.24, 2.45) is 5.41 Å². The van der Waals surface area contributed by atoms with Gasteiger partial charge in [0.05, 0.1) is 0 Å². The second kappa shape index (κ2) is 7.56. The van der Waals surface area contributed by atoms with Crippen molar-refractivity contribution in [3.63, 3.8) is 0 Å². The topological polar surface area (TPSA) is 49.9 Å². The molecule has 2 rings (SSSR count). The summed E-state index contributed by atoms with van der Waals surface area (Å²) >= 11 is 0. The second-order valence-corrected chi connectivity index (χ2v) is 7.79. The van der Waals surface area contributed by atoms with Crippen LogP contribution in [0.3, 0.4) is 0 Å². The predicted molar refractivity (Wildman–Crippen MR) is 98.0 cm³/mol. The van der Waals surface area contributed by atoms with Crippen molar-refractivity contribution in [1.29, 1.82) is 0 Å². The molecule has 0 saturated carbocycles. The number of rotatable bonds is 3. The molecule has 138 valence electrons. The van der Waals surface area contributed by atoms with Crippen molar-refractivity contribution in [3.05, 3.63) is 35.9 Å². The van der Waals surface area contributed by atoms with Crippen LogP contribution in [0.25, 0.3) is 0 Å². The molecule has 0 bridgehead atoms. The van der Waals surface area contributed by atoms with Gasteiger partial charge in [0.2, 0.25) is 5.91 Å². The summed E-state index contributed by atoms with van der Waals surface area (Å²) in [6.45, 7) is 10.0. The van der Waals surface area contributed by atoms with Crippen molar-refractivity contribution in [3.8, 4) is 0 Å². The fourth-order valence-corrected chi connectivity index (χ4v) is 3.18. The Bertz CT molecular complexity index is 609. The first kappa shape index (κ1) is 19.4. The van der Waals surface area contributed by atoms with Gasteiger partial charge >= 0.3 is 0 Å². The summed E-state index contributed by atoms with van der Waals surface area (Å²) in [5.41, 5.74) is -0.566. The zero-order chi connectivity index (χ0) is 18.7. The van der Waals surface area contributed by atoms with Crippen LogP contribution in [-0.4, -0.2) is 54.9 Å². The van der Waals surface area contributed by atoms with E-state index in [2.05, 4.69) is 0 Å². The lowest BCUT2D eigenvalue weighted by Gasteiger charge is -2.33. The van der Waals surface area contributed by atoms with Crippen LogP contribution in [0.4, 0.5) is 0 Å². The monoisotopic (exact) mass is 346 g/mol. The maximum Gasteiger partial charge on any atom is 0.259 e. The Balaban J connectivity index is 2.14. The maximum atomic E-state index is 13.2. The van der Waals surface area contributed by atoms with Crippen LogP contribution in [0.2, 0.25) is 0 Å². The first-order valence-corrected chi connectivity index (χ1v) is 8.89. The largest absolute Gasteiger partial charge is 0.364 e. The Morgan fingerprint density at radius 1 is 0.880 bits per heavy atom. The number of nitrogens with zero attached hydrogens (tertiary/aromatic N) is 2. The van der Waals surface area contributed by atoms with Crippen molar-refractivity contribution in [2.75, 3.05) is 33.3 Å². The molecule has 0 radical (unpaired) electrons. The van der Waals surface area contributed by atoms with E-state index in [1.807, 2.05) is 67.8 Å². The molecule has 2 amide bonds. The maximum absolute atomic E-state index is 13.2. The standard InChI is InChI=1S/C20H30N2O3/c1-19(2,3)17(23)21-12-9-13-22(15-14-21)18(24)20(4,25-5)16-10-7-6-8-11-16/h6-8,10-11H,9,12-15H2,1-5H3/t20-/m1/s1. The summed E-state index contributed by atoms with van der Waals surface area (Å²) in [5.74, 6) is 0.0885. The Morgan fingerprint density at radius 3 is 1.88 bits per heavy atom. The number of hydrogen-bond donors (Lipinski definition) is 0. The Morgan fingerprint density at radius 2 is 1.40 bits per heavy atom. The van der Waals surface area contributed by atoms with Crippen LogP contribution in [0.1, 0.15) is 39.7 Å². The molecule has 25 heavy (non-hydrogen) atoms. The van der Waals surface area contributed by atoms with Crippen LogP contribution >= 0.6 is 0 Å². The molecule has 1 heterocycles. The zero-order valence-corrected chi connectivity index (χ0v) is 16.0. The summed E-state index contributed by atoms with van der Waals surface area (Å²) in [6.07, 6.45) is 0.780. The number of carbonyl (C=O) groups is 2. The van der Waals surface area contributed by atoms with Crippen molar-refractivity contribution in [1.82, 2.24) is 9.80 Å². The van der Waals surface area contributed by atoms with Crippen LogP contribution in [0.5, 0.6) is 0 Å². The van der Waals surface area contributed by atoms with Gasteiger partial charge in [0, 0.05) is 38.7 Å². The molecule has 1 aliphatic heterocycles. The average Bonchev–Trinajstić information content (AvgIpc) is 2.85. The zero-order valence-electron chi connectivity index (χ0n) is 16.0. The minimum atomic E-state index is -1.01. The molecular weight excluding hydrogens is 316 g/mol. The summed E-state index contributed by atoms with van der Waals surface area (Å²) in [7, 11) is 1.57. The van der Waals surface area contributed by atoms with E-state index in [-0.39, 0.29) is 11.8 Å². The summed E-state index contributed by atoms with van der Waals surface area (Å²) in [4.78, 5) is 29.4. The fraction of sp³-hybridized carbons (Fsp3) is 0.600. The van der Waals surface area contributed by atoms with Crippen LogP contribution in [-0.2, 0) is 19.9 Å². The van der Waals surface area contributed by atoms with E-state index in [9.17, 15) is 9.59 Å². The molecule has 5 nitrogen and oxygen atoms in total. The van der Waals surface area contributed by atoms with E-state index in [1.165, 1.54) is 0 Å². The number of benzene rings is 1. The number of amides is 2. The van der Waals surface area contributed by atoms with Crippen molar-refractivity contribution in [2.45, 2.75) is 39.7 Å². The van der Waals surface area contributed by atoms with E-state index >= 15 is 0 Å². The molecule has 1 aliphatic rings. The van der Waals surface area contributed by atoms with E-state index in [4.69, 9.17) is 4.74 Å². The highest BCUT2D eigenvalue weighted by Crippen LogP contribution is 2.28. The van der Waals surface area contributed by atoms with Gasteiger partial charge in [-0.05, 0) is 18.9 Å². The molecule has 1 aromatic rings. The third-order valence-electron chi connectivity index (χ3n) is 4.85. The molecule has 0 aliphatic carbocycles. The molecule has 0 aromatic heterocycles.